The second kappa shape index (κ2) is 8.16. The molecule has 0 aromatic heterocycles. The molecule has 0 unspecified atom stereocenters. The van der Waals surface area contributed by atoms with E-state index in [4.69, 9.17) is 0 Å². The lowest BCUT2D eigenvalue weighted by Gasteiger charge is -2.31. The third-order valence-electron chi connectivity index (χ3n) is 4.61. The fraction of sp³-hybridized carbons (Fsp3) is 0.316. The predicted octanol–water partition coefficient (Wildman–Crippen LogP) is 0.662. The van der Waals surface area contributed by atoms with Gasteiger partial charge in [0.2, 0.25) is 10.0 Å². The van der Waals surface area contributed by atoms with Crippen LogP contribution in [0.2, 0.25) is 0 Å². The highest BCUT2D eigenvalue weighted by Gasteiger charge is 2.31. The van der Waals surface area contributed by atoms with Gasteiger partial charge in [-0.3, -0.25) is 4.79 Å². The molecule has 3 rings (SSSR count). The van der Waals surface area contributed by atoms with Crippen LogP contribution in [-0.4, -0.2) is 51.4 Å². The summed E-state index contributed by atoms with van der Waals surface area (Å²) in [4.78, 5) is 13.2. The Kier molecular flexibility index (Phi) is 5.88. The minimum atomic E-state index is -3.71. The molecule has 0 radical (unpaired) electrons. The van der Waals surface area contributed by atoms with Crippen molar-refractivity contribution in [2.45, 2.75) is 11.8 Å². The van der Waals surface area contributed by atoms with Crippen LogP contribution in [0.15, 0.2) is 53.4 Å². The molecule has 2 aromatic rings. The Labute approximate surface area is 158 Å². The van der Waals surface area contributed by atoms with Crippen LogP contribution >= 0.6 is 0 Å². The molecule has 6 nitrogen and oxygen atoms in total. The maximum atomic E-state index is 13.3. The summed E-state index contributed by atoms with van der Waals surface area (Å²) in [5.41, 5.74) is 1.87. The second-order valence-corrected chi connectivity index (χ2v) is 8.64. The molecule has 1 amide bonds. The van der Waals surface area contributed by atoms with Crippen LogP contribution in [0.1, 0.15) is 5.56 Å². The number of halogens is 1. The van der Waals surface area contributed by atoms with Crippen molar-refractivity contribution in [3.05, 3.63) is 59.9 Å². The lowest BCUT2D eigenvalue weighted by molar-refractivity contribution is -0.895. The lowest BCUT2D eigenvalue weighted by Crippen LogP contribution is -3.15. The van der Waals surface area contributed by atoms with E-state index in [1.165, 1.54) is 22.5 Å². The first-order valence-corrected chi connectivity index (χ1v) is 10.2. The maximum Gasteiger partial charge on any atom is 0.279 e. The number of hydrogen-bond acceptors (Lipinski definition) is 3. The van der Waals surface area contributed by atoms with E-state index in [9.17, 15) is 17.6 Å². The molecule has 2 aromatic carbocycles. The van der Waals surface area contributed by atoms with Crippen LogP contribution in [0, 0.1) is 12.7 Å². The minimum absolute atomic E-state index is 0.0388. The number of aryl methyl sites for hydroxylation is 1. The lowest BCUT2D eigenvalue weighted by atomic mass is 10.2. The Morgan fingerprint density at radius 3 is 2.44 bits per heavy atom. The van der Waals surface area contributed by atoms with Gasteiger partial charge in [-0.2, -0.15) is 4.31 Å². The zero-order chi connectivity index (χ0) is 19.4. The highest BCUT2D eigenvalue weighted by atomic mass is 32.2. The van der Waals surface area contributed by atoms with E-state index >= 15 is 0 Å². The summed E-state index contributed by atoms with van der Waals surface area (Å²) in [7, 11) is -3.71. The van der Waals surface area contributed by atoms with E-state index in [1.54, 1.807) is 0 Å². The monoisotopic (exact) mass is 392 g/mol. The van der Waals surface area contributed by atoms with E-state index in [0.29, 0.717) is 26.2 Å². The van der Waals surface area contributed by atoms with Gasteiger partial charge < -0.3 is 10.2 Å². The molecular formula is C19H23FN3O3S+. The summed E-state index contributed by atoms with van der Waals surface area (Å²) in [6.07, 6.45) is 0. The molecule has 1 aliphatic rings. The third kappa shape index (κ3) is 4.91. The number of carbonyl (C=O) groups excluding carboxylic acids is 1. The number of amides is 1. The van der Waals surface area contributed by atoms with Gasteiger partial charge >= 0.3 is 0 Å². The second-order valence-electron chi connectivity index (χ2n) is 6.70. The summed E-state index contributed by atoms with van der Waals surface area (Å²) < 4.78 is 39.9. The number of rotatable bonds is 5. The zero-order valence-corrected chi connectivity index (χ0v) is 15.9. The number of carbonyl (C=O) groups is 1. The van der Waals surface area contributed by atoms with Crippen LogP contribution in [0.5, 0.6) is 0 Å². The molecule has 1 heterocycles. The van der Waals surface area contributed by atoms with Crippen molar-refractivity contribution in [2.75, 3.05) is 38.0 Å². The number of nitrogens with one attached hydrogen (secondary N) is 2. The van der Waals surface area contributed by atoms with E-state index in [0.717, 1.165) is 22.2 Å². The topological polar surface area (TPSA) is 70.9 Å². The molecule has 8 heteroatoms. The highest BCUT2D eigenvalue weighted by Crippen LogP contribution is 2.16. The van der Waals surface area contributed by atoms with Crippen LogP contribution in [-0.2, 0) is 14.8 Å². The van der Waals surface area contributed by atoms with Crippen molar-refractivity contribution in [2.24, 2.45) is 0 Å². The van der Waals surface area contributed by atoms with Crippen LogP contribution in [0.3, 0.4) is 0 Å². The van der Waals surface area contributed by atoms with Gasteiger partial charge in [0.1, 0.15) is 5.82 Å². The van der Waals surface area contributed by atoms with Crippen LogP contribution in [0.25, 0.3) is 0 Å². The van der Waals surface area contributed by atoms with Crippen molar-refractivity contribution in [3.8, 4) is 0 Å². The minimum Gasteiger partial charge on any atom is -0.325 e. The standard InChI is InChI=1S/C19H22FN3O3S/c1-15-5-7-17(8-6-15)21-19(24)14-22-9-11-23(12-10-22)27(25,26)18-4-2-3-16(20)13-18/h2-8,13H,9-12,14H2,1H3,(H,21,24)/p+1. The SMILES string of the molecule is Cc1ccc(NC(=O)C[NH+]2CCN(S(=O)(=O)c3cccc(F)c3)CC2)cc1. The van der Waals surface area contributed by atoms with Gasteiger partial charge in [-0.05, 0) is 37.3 Å². The first-order valence-electron chi connectivity index (χ1n) is 8.80. The van der Waals surface area contributed by atoms with Crippen LogP contribution in [0.4, 0.5) is 10.1 Å². The summed E-state index contributed by atoms with van der Waals surface area (Å²) >= 11 is 0. The van der Waals surface area contributed by atoms with Crippen molar-refractivity contribution in [1.82, 2.24) is 4.31 Å². The van der Waals surface area contributed by atoms with Gasteiger partial charge in [-0.25, -0.2) is 12.8 Å². The number of piperazine rings is 1. The number of benzene rings is 2. The Hall–Kier alpha value is -2.29. The summed E-state index contributed by atoms with van der Waals surface area (Å²) in [5.74, 6) is -0.677. The van der Waals surface area contributed by atoms with Crippen molar-refractivity contribution < 1.29 is 22.5 Å². The average Bonchev–Trinajstić information content (AvgIpc) is 2.64. The van der Waals surface area contributed by atoms with Gasteiger partial charge in [-0.15, -0.1) is 0 Å². The normalized spacial score (nSPS) is 16.2. The molecule has 1 fully saturated rings. The number of anilines is 1. The maximum absolute atomic E-state index is 13.3. The third-order valence-corrected chi connectivity index (χ3v) is 6.50. The number of nitrogens with zero attached hydrogens (tertiary/aromatic N) is 1. The molecule has 0 aliphatic carbocycles. The fourth-order valence-electron chi connectivity index (χ4n) is 3.07. The Morgan fingerprint density at radius 2 is 1.81 bits per heavy atom. The first kappa shape index (κ1) is 19.5. The predicted molar refractivity (Wildman–Crippen MR) is 101 cm³/mol. The van der Waals surface area contributed by atoms with Gasteiger partial charge in [-0.1, -0.05) is 23.8 Å². The molecule has 0 atom stereocenters. The average molecular weight is 392 g/mol. The Morgan fingerprint density at radius 1 is 1.15 bits per heavy atom. The smallest absolute Gasteiger partial charge is 0.279 e. The quantitative estimate of drug-likeness (QED) is 0.786. The first-order chi connectivity index (χ1) is 12.8. The largest absolute Gasteiger partial charge is 0.325 e. The van der Waals surface area contributed by atoms with Crippen LogP contribution < -0.4 is 10.2 Å². The highest BCUT2D eigenvalue weighted by molar-refractivity contribution is 7.89. The van der Waals surface area contributed by atoms with E-state index in [1.807, 2.05) is 31.2 Å². The molecule has 0 bridgehead atoms. The molecular weight excluding hydrogens is 369 g/mol. The summed E-state index contributed by atoms with van der Waals surface area (Å²) in [6.45, 7) is 3.90. The molecule has 2 N–H and O–H groups in total. The van der Waals surface area contributed by atoms with Crippen molar-refractivity contribution in [1.29, 1.82) is 0 Å². The van der Waals surface area contributed by atoms with E-state index < -0.39 is 15.8 Å². The fourth-order valence-corrected chi connectivity index (χ4v) is 4.54. The van der Waals surface area contributed by atoms with E-state index in [2.05, 4.69) is 5.32 Å². The molecule has 0 spiro atoms. The summed E-state index contributed by atoms with van der Waals surface area (Å²) in [6, 6.07) is 12.6. The molecule has 27 heavy (non-hydrogen) atoms. The zero-order valence-electron chi connectivity index (χ0n) is 15.1. The molecule has 1 aliphatic heterocycles. The van der Waals surface area contributed by atoms with Gasteiger partial charge in [0.25, 0.3) is 5.91 Å². The van der Waals surface area contributed by atoms with E-state index in [-0.39, 0.29) is 17.3 Å². The van der Waals surface area contributed by atoms with Crippen molar-refractivity contribution in [3.63, 3.8) is 0 Å². The van der Waals surface area contributed by atoms with Gasteiger partial charge in [0, 0.05) is 5.69 Å². The Balaban J connectivity index is 1.54. The molecule has 1 saturated heterocycles. The molecule has 0 saturated carbocycles. The van der Waals surface area contributed by atoms with Gasteiger partial charge in [0.05, 0.1) is 31.1 Å². The number of sulfonamides is 1. The van der Waals surface area contributed by atoms with Crippen molar-refractivity contribution >= 4 is 21.6 Å². The number of hydrogen-bond donors (Lipinski definition) is 2. The Bertz CT molecular complexity index is 908. The number of quaternary nitrogens is 1. The molecule has 144 valence electrons. The summed E-state index contributed by atoms with van der Waals surface area (Å²) in [5, 5.41) is 2.86. The van der Waals surface area contributed by atoms with Gasteiger partial charge in [0.15, 0.2) is 6.54 Å².